The van der Waals surface area contributed by atoms with Gasteiger partial charge in [-0.1, -0.05) is 6.07 Å². The Kier molecular flexibility index (Phi) is 9.09. The number of nitrogens with one attached hydrogen (secondary N) is 2. The number of alkyl halides is 2. The van der Waals surface area contributed by atoms with E-state index in [9.17, 15) is 22.0 Å². The van der Waals surface area contributed by atoms with Crippen LogP contribution >= 0.6 is 0 Å². The molecule has 0 aromatic heterocycles. The number of ether oxygens (including phenoxy) is 4. The SMILES string of the molecule is CCOc1cc(NC(=O)[C@H]2CCOC[C@@H]2COC)ccc1S(=O)(=O)Nc1cccc(OC(C)(F)F)c1. The maximum absolute atomic E-state index is 13.2. The average Bonchev–Trinajstić information content (AvgIpc) is 2.78. The number of carbonyl (C=O) groups excluding carboxylic acids is 1. The molecule has 0 unspecified atom stereocenters. The van der Waals surface area contributed by atoms with Crippen LogP contribution in [0.5, 0.6) is 11.5 Å². The Bertz CT molecular complexity index is 1150. The normalized spacial score (nSPS) is 18.4. The highest BCUT2D eigenvalue weighted by molar-refractivity contribution is 7.92. The van der Waals surface area contributed by atoms with Crippen molar-refractivity contribution >= 4 is 27.3 Å². The predicted octanol–water partition coefficient (Wildman–Crippen LogP) is 4.12. The van der Waals surface area contributed by atoms with Gasteiger partial charge in [0, 0.05) is 50.3 Å². The molecule has 1 saturated heterocycles. The van der Waals surface area contributed by atoms with Crippen molar-refractivity contribution in [2.75, 3.05) is 43.6 Å². The van der Waals surface area contributed by atoms with Crippen molar-refractivity contribution in [1.82, 2.24) is 0 Å². The second kappa shape index (κ2) is 11.8. The molecule has 1 fully saturated rings. The molecule has 0 saturated carbocycles. The lowest BCUT2D eigenvalue weighted by Crippen LogP contribution is -2.38. The number of benzene rings is 2. The molecule has 36 heavy (non-hydrogen) atoms. The highest BCUT2D eigenvalue weighted by Gasteiger charge is 2.32. The molecule has 1 aliphatic rings. The van der Waals surface area contributed by atoms with Crippen LogP contribution in [0.4, 0.5) is 20.2 Å². The van der Waals surface area contributed by atoms with Gasteiger partial charge >= 0.3 is 6.11 Å². The summed E-state index contributed by atoms with van der Waals surface area (Å²) in [6.07, 6.45) is -2.88. The van der Waals surface area contributed by atoms with Crippen LogP contribution in [-0.4, -0.2) is 54.0 Å². The number of rotatable bonds is 11. The van der Waals surface area contributed by atoms with E-state index in [1.165, 1.54) is 36.4 Å². The highest BCUT2D eigenvalue weighted by atomic mass is 32.2. The lowest BCUT2D eigenvalue weighted by Gasteiger charge is -2.30. The summed E-state index contributed by atoms with van der Waals surface area (Å²) in [7, 11) is -2.61. The first-order chi connectivity index (χ1) is 17.0. The number of anilines is 2. The maximum Gasteiger partial charge on any atom is 0.394 e. The van der Waals surface area contributed by atoms with Crippen LogP contribution in [0, 0.1) is 11.8 Å². The van der Waals surface area contributed by atoms with Crippen LogP contribution in [0.1, 0.15) is 20.3 Å². The van der Waals surface area contributed by atoms with Crippen molar-refractivity contribution < 1.29 is 40.9 Å². The van der Waals surface area contributed by atoms with Gasteiger partial charge in [-0.15, -0.1) is 0 Å². The van der Waals surface area contributed by atoms with E-state index in [-0.39, 0.29) is 46.4 Å². The summed E-state index contributed by atoms with van der Waals surface area (Å²) in [5.74, 6) is -0.807. The maximum atomic E-state index is 13.2. The van der Waals surface area contributed by atoms with Gasteiger partial charge < -0.3 is 24.3 Å². The molecule has 0 bridgehead atoms. The molecule has 1 aliphatic heterocycles. The molecule has 3 rings (SSSR count). The quantitative estimate of drug-likeness (QED) is 0.451. The minimum absolute atomic E-state index is 0.0238. The summed E-state index contributed by atoms with van der Waals surface area (Å²) in [5, 5.41) is 2.82. The zero-order chi connectivity index (χ0) is 26.3. The third-order valence-corrected chi connectivity index (χ3v) is 6.80. The minimum Gasteiger partial charge on any atom is -0.492 e. The molecule has 0 aliphatic carbocycles. The lowest BCUT2D eigenvalue weighted by molar-refractivity contribution is -0.158. The molecule has 2 aromatic rings. The van der Waals surface area contributed by atoms with Gasteiger partial charge in [0.2, 0.25) is 5.91 Å². The summed E-state index contributed by atoms with van der Waals surface area (Å²) in [6, 6.07) is 9.41. The van der Waals surface area contributed by atoms with E-state index in [1.54, 1.807) is 14.0 Å². The van der Waals surface area contributed by atoms with E-state index in [4.69, 9.17) is 14.2 Å². The molecule has 0 radical (unpaired) electrons. The van der Waals surface area contributed by atoms with Crippen molar-refractivity contribution in [2.45, 2.75) is 31.3 Å². The summed E-state index contributed by atoms with van der Waals surface area (Å²) < 4.78 is 75.6. The van der Waals surface area contributed by atoms with Crippen LogP contribution in [-0.2, 0) is 24.3 Å². The number of hydrogen-bond donors (Lipinski definition) is 2. The third-order valence-electron chi connectivity index (χ3n) is 5.38. The average molecular weight is 529 g/mol. The van der Waals surface area contributed by atoms with Gasteiger partial charge in [0.05, 0.1) is 25.5 Å². The Morgan fingerprint density at radius 1 is 1.19 bits per heavy atom. The highest BCUT2D eigenvalue weighted by Crippen LogP contribution is 2.32. The monoisotopic (exact) mass is 528 g/mol. The second-order valence-corrected chi connectivity index (χ2v) is 9.96. The summed E-state index contributed by atoms with van der Waals surface area (Å²) in [6.45, 7) is 3.71. The van der Waals surface area contributed by atoms with Gasteiger partial charge in [0.15, 0.2) is 0 Å². The minimum atomic E-state index is -4.17. The second-order valence-electron chi connectivity index (χ2n) is 8.31. The molecule has 9 nitrogen and oxygen atoms in total. The summed E-state index contributed by atoms with van der Waals surface area (Å²) in [4.78, 5) is 12.7. The van der Waals surface area contributed by atoms with Gasteiger partial charge in [-0.05, 0) is 37.6 Å². The summed E-state index contributed by atoms with van der Waals surface area (Å²) in [5.41, 5.74) is 0.394. The van der Waals surface area contributed by atoms with Gasteiger partial charge in [-0.3, -0.25) is 9.52 Å². The molecule has 2 atom stereocenters. The van der Waals surface area contributed by atoms with E-state index >= 15 is 0 Å². The fourth-order valence-electron chi connectivity index (χ4n) is 3.87. The third kappa shape index (κ3) is 7.52. The molecule has 2 N–H and O–H groups in total. The van der Waals surface area contributed by atoms with Gasteiger partial charge in [-0.25, -0.2) is 8.42 Å². The molecular formula is C24H30F2N2O7S. The van der Waals surface area contributed by atoms with Gasteiger partial charge in [0.25, 0.3) is 10.0 Å². The number of sulfonamides is 1. The molecule has 1 heterocycles. The van der Waals surface area contributed by atoms with Crippen molar-refractivity contribution in [2.24, 2.45) is 11.8 Å². The molecule has 198 valence electrons. The Morgan fingerprint density at radius 2 is 1.97 bits per heavy atom. The topological polar surface area (TPSA) is 112 Å². The van der Waals surface area contributed by atoms with Gasteiger partial charge in [-0.2, -0.15) is 8.78 Å². The first kappa shape index (κ1) is 27.6. The molecule has 0 spiro atoms. The van der Waals surface area contributed by atoms with Crippen LogP contribution in [0.3, 0.4) is 0 Å². The van der Waals surface area contributed by atoms with Crippen LogP contribution in [0.25, 0.3) is 0 Å². The van der Waals surface area contributed by atoms with Crippen LogP contribution in [0.2, 0.25) is 0 Å². The van der Waals surface area contributed by atoms with E-state index < -0.39 is 16.1 Å². The lowest BCUT2D eigenvalue weighted by atomic mass is 9.88. The summed E-state index contributed by atoms with van der Waals surface area (Å²) >= 11 is 0. The zero-order valence-electron chi connectivity index (χ0n) is 20.3. The number of hydrogen-bond acceptors (Lipinski definition) is 7. The van der Waals surface area contributed by atoms with Crippen LogP contribution in [0.15, 0.2) is 47.4 Å². The fraction of sp³-hybridized carbons (Fsp3) is 0.458. The number of carbonyl (C=O) groups is 1. The zero-order valence-corrected chi connectivity index (χ0v) is 21.1. The molecular weight excluding hydrogens is 498 g/mol. The Morgan fingerprint density at radius 3 is 2.67 bits per heavy atom. The Labute approximate surface area is 209 Å². The first-order valence-corrected chi connectivity index (χ1v) is 12.8. The Balaban J connectivity index is 1.80. The predicted molar refractivity (Wildman–Crippen MR) is 129 cm³/mol. The standard InChI is InChI=1S/C24H30F2N2O7S/c1-4-34-21-13-17(27-23(29)20-10-11-33-15-16(20)14-32-3)8-9-22(21)36(30,31)28-18-6-5-7-19(12-18)35-24(2,25)26/h5-9,12-13,16,20,28H,4,10-11,14-15H2,1-3H3,(H,27,29)/t16-,20-/m0/s1. The molecule has 12 heteroatoms. The van der Waals surface area contributed by atoms with Crippen molar-refractivity contribution in [3.05, 3.63) is 42.5 Å². The van der Waals surface area contributed by atoms with E-state index in [2.05, 4.69) is 14.8 Å². The van der Waals surface area contributed by atoms with Crippen LogP contribution < -0.4 is 19.5 Å². The van der Waals surface area contributed by atoms with E-state index in [0.717, 1.165) is 6.07 Å². The molecule has 1 amide bonds. The van der Waals surface area contributed by atoms with E-state index in [0.29, 0.717) is 38.9 Å². The number of amides is 1. The first-order valence-electron chi connectivity index (χ1n) is 11.4. The fourth-order valence-corrected chi connectivity index (χ4v) is 5.05. The van der Waals surface area contributed by atoms with Gasteiger partial charge in [0.1, 0.15) is 16.4 Å². The largest absolute Gasteiger partial charge is 0.492 e. The smallest absolute Gasteiger partial charge is 0.394 e. The van der Waals surface area contributed by atoms with Crippen molar-refractivity contribution in [3.63, 3.8) is 0 Å². The Hall–Kier alpha value is -2.96. The molecule has 2 aromatic carbocycles. The van der Waals surface area contributed by atoms with E-state index in [1.807, 2.05) is 0 Å². The number of methoxy groups -OCH3 is 1. The van der Waals surface area contributed by atoms with Crippen molar-refractivity contribution in [3.8, 4) is 11.5 Å². The number of halogens is 2. The van der Waals surface area contributed by atoms with Crippen molar-refractivity contribution in [1.29, 1.82) is 0 Å².